The van der Waals surface area contributed by atoms with E-state index >= 15 is 0 Å². The Labute approximate surface area is 82.2 Å². The fourth-order valence-corrected chi connectivity index (χ4v) is 1.28. The number of rotatable bonds is 1. The molecule has 0 radical (unpaired) electrons. The van der Waals surface area contributed by atoms with Crippen LogP contribution in [0.15, 0.2) is 36.5 Å². The fraction of sp³-hybridized carbons (Fsp3) is 0.0909. The van der Waals surface area contributed by atoms with Gasteiger partial charge in [0.2, 0.25) is 0 Å². The van der Waals surface area contributed by atoms with Gasteiger partial charge in [0, 0.05) is 18.8 Å². The third kappa shape index (κ3) is 1.50. The van der Waals surface area contributed by atoms with Gasteiger partial charge in [0.15, 0.2) is 0 Å². The molecular formula is C11H9N3. The summed E-state index contributed by atoms with van der Waals surface area (Å²) in [6.07, 6.45) is 1.90. The molecule has 0 saturated carbocycles. The number of hydrogen-bond acceptors (Lipinski definition) is 2. The Morgan fingerprint density at radius 2 is 1.93 bits per heavy atom. The van der Waals surface area contributed by atoms with E-state index in [1.165, 1.54) is 0 Å². The van der Waals surface area contributed by atoms with Crippen LogP contribution in [0.3, 0.4) is 0 Å². The minimum atomic E-state index is 0.671. The lowest BCUT2D eigenvalue weighted by Gasteiger charge is -1.95. The molecule has 14 heavy (non-hydrogen) atoms. The number of aromatic nitrogens is 2. The highest BCUT2D eigenvalue weighted by atomic mass is 15.2. The number of hydrogen-bond donors (Lipinski definition) is 0. The van der Waals surface area contributed by atoms with E-state index < -0.39 is 0 Å². The second-order valence-electron chi connectivity index (χ2n) is 3.06. The first kappa shape index (κ1) is 8.52. The predicted molar refractivity (Wildman–Crippen MR) is 53.4 cm³/mol. The van der Waals surface area contributed by atoms with Gasteiger partial charge in [-0.15, -0.1) is 0 Å². The fourth-order valence-electron chi connectivity index (χ4n) is 1.28. The van der Waals surface area contributed by atoms with Crippen molar-refractivity contribution in [2.45, 2.75) is 0 Å². The average Bonchev–Trinajstić information content (AvgIpc) is 2.65. The van der Waals surface area contributed by atoms with Gasteiger partial charge >= 0.3 is 0 Å². The maximum Gasteiger partial charge on any atom is 0.0991 e. The Morgan fingerprint density at radius 3 is 2.43 bits per heavy atom. The van der Waals surface area contributed by atoms with Gasteiger partial charge in [0.1, 0.15) is 0 Å². The summed E-state index contributed by atoms with van der Waals surface area (Å²) >= 11 is 0. The molecule has 0 atom stereocenters. The van der Waals surface area contributed by atoms with Crippen LogP contribution < -0.4 is 0 Å². The van der Waals surface area contributed by atoms with E-state index in [2.05, 4.69) is 11.2 Å². The number of nitriles is 1. The number of nitrogens with zero attached hydrogens (tertiary/aromatic N) is 3. The maximum atomic E-state index is 8.63. The van der Waals surface area contributed by atoms with Gasteiger partial charge in [0.05, 0.1) is 17.3 Å². The van der Waals surface area contributed by atoms with Crippen LogP contribution in [0.4, 0.5) is 0 Å². The molecule has 0 aliphatic rings. The van der Waals surface area contributed by atoms with Crippen LogP contribution in [-0.4, -0.2) is 9.78 Å². The molecule has 0 saturated heterocycles. The molecule has 68 valence electrons. The van der Waals surface area contributed by atoms with Gasteiger partial charge < -0.3 is 0 Å². The van der Waals surface area contributed by atoms with Crippen LogP contribution in [0.25, 0.3) is 11.3 Å². The third-order valence-corrected chi connectivity index (χ3v) is 2.02. The van der Waals surface area contributed by atoms with Gasteiger partial charge in [-0.1, -0.05) is 12.1 Å². The molecule has 1 aromatic carbocycles. The largest absolute Gasteiger partial charge is 0.275 e. The highest BCUT2D eigenvalue weighted by Gasteiger charge is 2.00. The summed E-state index contributed by atoms with van der Waals surface area (Å²) in [6.45, 7) is 0. The maximum absolute atomic E-state index is 8.63. The van der Waals surface area contributed by atoms with E-state index in [9.17, 15) is 0 Å². The molecule has 0 aliphatic carbocycles. The Morgan fingerprint density at radius 1 is 1.21 bits per heavy atom. The minimum Gasteiger partial charge on any atom is -0.275 e. The number of aryl methyl sites for hydroxylation is 1. The predicted octanol–water partition coefficient (Wildman–Crippen LogP) is 1.96. The van der Waals surface area contributed by atoms with Crippen LogP contribution >= 0.6 is 0 Å². The first-order chi connectivity index (χ1) is 6.79. The normalized spacial score (nSPS) is 9.71. The van der Waals surface area contributed by atoms with E-state index in [4.69, 9.17) is 5.26 Å². The molecule has 2 rings (SSSR count). The zero-order valence-corrected chi connectivity index (χ0v) is 7.81. The SMILES string of the molecule is Cn1ccc(-c2ccc(C#N)cc2)n1. The topological polar surface area (TPSA) is 41.6 Å². The van der Waals surface area contributed by atoms with Crippen LogP contribution in [0.1, 0.15) is 5.56 Å². The van der Waals surface area contributed by atoms with Gasteiger partial charge in [-0.2, -0.15) is 10.4 Å². The van der Waals surface area contributed by atoms with E-state index in [0.29, 0.717) is 5.56 Å². The van der Waals surface area contributed by atoms with E-state index in [0.717, 1.165) is 11.3 Å². The first-order valence-corrected chi connectivity index (χ1v) is 4.30. The molecule has 2 aromatic rings. The lowest BCUT2D eigenvalue weighted by molar-refractivity contribution is 0.771. The summed E-state index contributed by atoms with van der Waals surface area (Å²) in [6, 6.07) is 11.4. The van der Waals surface area contributed by atoms with Crippen molar-refractivity contribution in [2.75, 3.05) is 0 Å². The number of benzene rings is 1. The molecule has 0 unspecified atom stereocenters. The Kier molecular flexibility index (Phi) is 2.04. The highest BCUT2D eigenvalue weighted by Crippen LogP contribution is 2.16. The molecule has 0 N–H and O–H groups in total. The van der Waals surface area contributed by atoms with Crippen molar-refractivity contribution in [3.05, 3.63) is 42.1 Å². The van der Waals surface area contributed by atoms with Crippen molar-refractivity contribution in [1.29, 1.82) is 5.26 Å². The monoisotopic (exact) mass is 183 g/mol. The van der Waals surface area contributed by atoms with Gasteiger partial charge in [0.25, 0.3) is 0 Å². The quantitative estimate of drug-likeness (QED) is 0.678. The van der Waals surface area contributed by atoms with E-state index in [1.807, 2.05) is 31.4 Å². The molecule has 0 amide bonds. The summed E-state index contributed by atoms with van der Waals surface area (Å²) in [7, 11) is 1.88. The van der Waals surface area contributed by atoms with Crippen molar-refractivity contribution < 1.29 is 0 Å². The summed E-state index contributed by atoms with van der Waals surface area (Å²) < 4.78 is 1.76. The lowest BCUT2D eigenvalue weighted by Crippen LogP contribution is -1.87. The average molecular weight is 183 g/mol. The molecule has 1 heterocycles. The molecule has 3 nitrogen and oxygen atoms in total. The second kappa shape index (κ2) is 3.35. The van der Waals surface area contributed by atoms with Crippen molar-refractivity contribution in [1.82, 2.24) is 9.78 Å². The Hall–Kier alpha value is -2.08. The molecule has 0 bridgehead atoms. The first-order valence-electron chi connectivity index (χ1n) is 4.30. The molecule has 3 heteroatoms. The smallest absolute Gasteiger partial charge is 0.0991 e. The molecule has 0 fully saturated rings. The minimum absolute atomic E-state index is 0.671. The molecule has 0 aliphatic heterocycles. The zero-order chi connectivity index (χ0) is 9.97. The van der Waals surface area contributed by atoms with E-state index in [1.54, 1.807) is 16.8 Å². The second-order valence-corrected chi connectivity index (χ2v) is 3.06. The summed E-state index contributed by atoms with van der Waals surface area (Å²) in [4.78, 5) is 0. The third-order valence-electron chi connectivity index (χ3n) is 2.02. The van der Waals surface area contributed by atoms with Crippen molar-refractivity contribution in [2.24, 2.45) is 7.05 Å². The molecule has 0 spiro atoms. The van der Waals surface area contributed by atoms with Gasteiger partial charge in [-0.3, -0.25) is 4.68 Å². The van der Waals surface area contributed by atoms with Crippen LogP contribution in [-0.2, 0) is 7.05 Å². The lowest BCUT2D eigenvalue weighted by atomic mass is 10.1. The summed E-state index contributed by atoms with van der Waals surface area (Å²) in [5, 5.41) is 12.9. The Bertz CT molecular complexity index is 474. The Balaban J connectivity index is 2.39. The zero-order valence-electron chi connectivity index (χ0n) is 7.81. The van der Waals surface area contributed by atoms with Crippen LogP contribution in [0.2, 0.25) is 0 Å². The van der Waals surface area contributed by atoms with Crippen molar-refractivity contribution in [3.8, 4) is 17.3 Å². The van der Waals surface area contributed by atoms with E-state index in [-0.39, 0.29) is 0 Å². The summed E-state index contributed by atoms with van der Waals surface area (Å²) in [5.74, 6) is 0. The molecule has 1 aromatic heterocycles. The van der Waals surface area contributed by atoms with Gasteiger partial charge in [-0.25, -0.2) is 0 Å². The van der Waals surface area contributed by atoms with Crippen LogP contribution in [0, 0.1) is 11.3 Å². The molecular weight excluding hydrogens is 174 g/mol. The van der Waals surface area contributed by atoms with Crippen LogP contribution in [0.5, 0.6) is 0 Å². The van der Waals surface area contributed by atoms with Crippen molar-refractivity contribution in [3.63, 3.8) is 0 Å². The van der Waals surface area contributed by atoms with Crippen molar-refractivity contribution >= 4 is 0 Å². The standard InChI is InChI=1S/C11H9N3/c1-14-7-6-11(13-14)10-4-2-9(8-12)3-5-10/h2-7H,1H3. The summed E-state index contributed by atoms with van der Waals surface area (Å²) in [5.41, 5.74) is 2.63. The highest BCUT2D eigenvalue weighted by molar-refractivity contribution is 5.59. The van der Waals surface area contributed by atoms with Gasteiger partial charge in [-0.05, 0) is 18.2 Å².